The third kappa shape index (κ3) is 3.33. The second-order valence-electron chi connectivity index (χ2n) is 4.80. The number of rotatable bonds is 3. The topological polar surface area (TPSA) is 48.6 Å². The lowest BCUT2D eigenvalue weighted by Crippen LogP contribution is -1.99. The molecule has 3 aromatic rings. The summed E-state index contributed by atoms with van der Waals surface area (Å²) in [7, 11) is 0. The maximum Gasteiger partial charge on any atom is 0.323 e. The molecule has 0 amide bonds. The van der Waals surface area contributed by atoms with Gasteiger partial charge in [-0.05, 0) is 41.8 Å². The monoisotopic (exact) mass is 472 g/mol. The molecule has 0 aliphatic rings. The van der Waals surface area contributed by atoms with E-state index >= 15 is 0 Å². The Bertz CT molecular complexity index is 836. The van der Waals surface area contributed by atoms with Gasteiger partial charge in [-0.3, -0.25) is 0 Å². The van der Waals surface area contributed by atoms with Crippen LogP contribution in [0.1, 0.15) is 16.0 Å². The van der Waals surface area contributed by atoms with Crippen LogP contribution >= 0.6 is 47.8 Å². The zero-order valence-electron chi connectivity index (χ0n) is 10.8. The van der Waals surface area contributed by atoms with Crippen molar-refractivity contribution in [3.63, 3.8) is 0 Å². The average Bonchev–Trinajstić information content (AvgIpc) is 2.79. The number of benzene rings is 2. The van der Waals surface area contributed by atoms with E-state index in [1.807, 2.05) is 24.3 Å². The first kappa shape index (κ1) is 15.1. The predicted octanol–water partition coefficient (Wildman–Crippen LogP) is 5.06. The van der Waals surface area contributed by atoms with E-state index in [1.165, 1.54) is 5.56 Å². The highest BCUT2D eigenvalue weighted by atomic mass is 79.9. The van der Waals surface area contributed by atoms with Crippen molar-refractivity contribution in [1.29, 1.82) is 0 Å². The molecule has 0 saturated carbocycles. The van der Waals surface area contributed by atoms with Gasteiger partial charge < -0.3 is 9.97 Å². The van der Waals surface area contributed by atoms with Gasteiger partial charge in [-0.1, -0.05) is 59.9 Å². The predicted molar refractivity (Wildman–Crippen MR) is 96.1 cm³/mol. The van der Waals surface area contributed by atoms with Crippen LogP contribution in [-0.2, 0) is 6.42 Å². The molecular weight excluding hydrogens is 464 g/mol. The minimum atomic E-state index is -0.187. The third-order valence-corrected chi connectivity index (χ3v) is 5.33. The molecule has 0 saturated heterocycles. The first-order valence-electron chi connectivity index (χ1n) is 6.33. The minimum Gasteiger partial charge on any atom is -0.306 e. The second-order valence-corrected chi connectivity index (χ2v) is 7.67. The third-order valence-electron chi connectivity index (χ3n) is 3.30. The van der Waals surface area contributed by atoms with Gasteiger partial charge in [0.05, 0.1) is 11.0 Å². The molecule has 0 aliphatic heterocycles. The lowest BCUT2D eigenvalue weighted by Gasteiger charge is -2.13. The Kier molecular flexibility index (Phi) is 4.38. The molecule has 0 bridgehead atoms. The molecule has 21 heavy (non-hydrogen) atoms. The van der Waals surface area contributed by atoms with Gasteiger partial charge in [0.1, 0.15) is 0 Å². The summed E-state index contributed by atoms with van der Waals surface area (Å²) in [4.78, 5) is 17.1. The number of hydrogen-bond donors (Lipinski definition) is 2. The Morgan fingerprint density at radius 3 is 2.29 bits per heavy atom. The van der Waals surface area contributed by atoms with Crippen LogP contribution in [0.4, 0.5) is 0 Å². The number of fused-ring (bicyclic) bond motifs is 1. The van der Waals surface area contributed by atoms with Crippen LogP contribution in [0.15, 0.2) is 50.1 Å². The fourth-order valence-corrected chi connectivity index (χ4v) is 4.19. The van der Waals surface area contributed by atoms with Gasteiger partial charge in [-0.15, -0.1) is 0 Å². The highest BCUT2D eigenvalue weighted by Gasteiger charge is 2.14. The summed E-state index contributed by atoms with van der Waals surface area (Å²) in [5.41, 5.74) is 3.79. The number of aromatic nitrogens is 2. The number of H-pyrrole nitrogens is 2. The van der Waals surface area contributed by atoms with E-state index in [4.69, 9.17) is 0 Å². The number of aromatic amines is 2. The van der Waals surface area contributed by atoms with Gasteiger partial charge in [0.15, 0.2) is 0 Å². The van der Waals surface area contributed by atoms with Crippen molar-refractivity contribution in [3.8, 4) is 0 Å². The fourth-order valence-electron chi connectivity index (χ4n) is 2.25. The summed E-state index contributed by atoms with van der Waals surface area (Å²) in [5.74, 6) is 0. The van der Waals surface area contributed by atoms with Crippen LogP contribution in [0.25, 0.3) is 11.0 Å². The lowest BCUT2D eigenvalue weighted by atomic mass is 10.0. The molecule has 2 N–H and O–H groups in total. The molecule has 0 spiro atoms. The van der Waals surface area contributed by atoms with Gasteiger partial charge in [0.25, 0.3) is 0 Å². The first-order chi connectivity index (χ1) is 10.0. The van der Waals surface area contributed by atoms with Crippen LogP contribution in [0.2, 0.25) is 0 Å². The molecule has 0 fully saturated rings. The van der Waals surface area contributed by atoms with Crippen molar-refractivity contribution in [2.45, 2.75) is 11.2 Å². The van der Waals surface area contributed by atoms with Crippen molar-refractivity contribution >= 4 is 58.8 Å². The number of nitrogens with one attached hydrogen (secondary N) is 2. The molecule has 1 aromatic heterocycles. The van der Waals surface area contributed by atoms with Crippen LogP contribution < -0.4 is 5.69 Å². The van der Waals surface area contributed by atoms with Gasteiger partial charge in [0.2, 0.25) is 0 Å². The largest absolute Gasteiger partial charge is 0.323 e. The quantitative estimate of drug-likeness (QED) is 0.512. The van der Waals surface area contributed by atoms with E-state index in [0.29, 0.717) is 0 Å². The smallest absolute Gasteiger partial charge is 0.306 e. The SMILES string of the molecule is O=c1[nH]c2cc(Br)c(C(Br)Cc3ccc(Br)cc3)cc2[nH]1. The number of halogens is 3. The van der Waals surface area contributed by atoms with Crippen LogP contribution in [0.3, 0.4) is 0 Å². The van der Waals surface area contributed by atoms with Gasteiger partial charge in [0, 0.05) is 13.8 Å². The van der Waals surface area contributed by atoms with E-state index in [-0.39, 0.29) is 10.5 Å². The average molecular weight is 475 g/mol. The van der Waals surface area contributed by atoms with E-state index in [0.717, 1.165) is 32.0 Å². The lowest BCUT2D eigenvalue weighted by molar-refractivity contribution is 0.945. The van der Waals surface area contributed by atoms with Crippen LogP contribution in [0, 0.1) is 0 Å². The summed E-state index contributed by atoms with van der Waals surface area (Å²) in [6.07, 6.45) is 0.867. The second kappa shape index (κ2) is 6.10. The first-order valence-corrected chi connectivity index (χ1v) is 8.83. The van der Waals surface area contributed by atoms with Crippen LogP contribution in [-0.4, -0.2) is 9.97 Å². The van der Waals surface area contributed by atoms with Crippen molar-refractivity contribution in [3.05, 3.63) is 67.0 Å². The molecule has 3 rings (SSSR count). The number of imidazole rings is 1. The van der Waals surface area contributed by atoms with Crippen LogP contribution in [0.5, 0.6) is 0 Å². The van der Waals surface area contributed by atoms with Gasteiger partial charge in [-0.2, -0.15) is 0 Å². The molecule has 2 aromatic carbocycles. The van der Waals surface area contributed by atoms with Crippen molar-refractivity contribution in [2.24, 2.45) is 0 Å². The van der Waals surface area contributed by atoms with Gasteiger partial charge in [-0.25, -0.2) is 4.79 Å². The molecule has 1 atom stereocenters. The Balaban J connectivity index is 1.93. The zero-order valence-corrected chi connectivity index (χ0v) is 15.5. The Morgan fingerprint density at radius 2 is 1.62 bits per heavy atom. The minimum absolute atomic E-state index is 0.163. The van der Waals surface area contributed by atoms with E-state index in [1.54, 1.807) is 0 Å². The standard InChI is InChI=1S/C15H11Br3N2O/c16-9-3-1-8(2-4-9)5-11(17)10-6-13-14(7-12(10)18)20-15(21)19-13/h1-4,6-7,11H,5H2,(H2,19,20,21). The van der Waals surface area contributed by atoms with E-state index in [2.05, 4.69) is 69.9 Å². The Morgan fingerprint density at radius 1 is 1.00 bits per heavy atom. The van der Waals surface area contributed by atoms with Crippen molar-refractivity contribution in [1.82, 2.24) is 9.97 Å². The molecule has 108 valence electrons. The number of alkyl halides is 1. The zero-order chi connectivity index (χ0) is 15.0. The summed E-state index contributed by atoms with van der Waals surface area (Å²) in [6.45, 7) is 0. The van der Waals surface area contributed by atoms with Crippen molar-refractivity contribution < 1.29 is 0 Å². The molecular formula is C15H11Br3N2O. The molecule has 1 unspecified atom stereocenters. The molecule has 6 heteroatoms. The highest BCUT2D eigenvalue weighted by Crippen LogP contribution is 2.34. The summed E-state index contributed by atoms with van der Waals surface area (Å²) < 4.78 is 2.05. The number of hydrogen-bond acceptors (Lipinski definition) is 1. The van der Waals surface area contributed by atoms with E-state index < -0.39 is 0 Å². The normalized spacial score (nSPS) is 12.7. The van der Waals surface area contributed by atoms with E-state index in [9.17, 15) is 4.79 Å². The Labute approximate surface area is 146 Å². The summed E-state index contributed by atoms with van der Waals surface area (Å²) in [5, 5.41) is 0. The van der Waals surface area contributed by atoms with Gasteiger partial charge >= 0.3 is 5.69 Å². The highest BCUT2D eigenvalue weighted by molar-refractivity contribution is 9.11. The van der Waals surface area contributed by atoms with Crippen molar-refractivity contribution in [2.75, 3.05) is 0 Å². The summed E-state index contributed by atoms with van der Waals surface area (Å²) >= 11 is 10.8. The maximum absolute atomic E-state index is 11.4. The molecule has 0 aliphatic carbocycles. The molecule has 3 nitrogen and oxygen atoms in total. The maximum atomic E-state index is 11.4. The molecule has 1 heterocycles. The summed E-state index contributed by atoms with van der Waals surface area (Å²) in [6, 6.07) is 12.2. The Hall–Kier alpha value is -0.850. The fraction of sp³-hybridized carbons (Fsp3) is 0.133. The molecule has 0 radical (unpaired) electrons.